The van der Waals surface area contributed by atoms with E-state index >= 15 is 0 Å². The lowest BCUT2D eigenvalue weighted by Gasteiger charge is -2.20. The van der Waals surface area contributed by atoms with Gasteiger partial charge in [0.15, 0.2) is 11.5 Å². The zero-order chi connectivity index (χ0) is 14.5. The number of ether oxygens (including phenoxy) is 2. The van der Waals surface area contributed by atoms with Gasteiger partial charge in [-0.1, -0.05) is 19.8 Å². The maximum Gasteiger partial charge on any atom is 0.241 e. The van der Waals surface area contributed by atoms with Crippen LogP contribution in [-0.2, 0) is 4.79 Å². The van der Waals surface area contributed by atoms with E-state index in [2.05, 4.69) is 28.2 Å². The van der Waals surface area contributed by atoms with E-state index in [1.54, 1.807) is 12.1 Å². The van der Waals surface area contributed by atoms with Gasteiger partial charge in [-0.25, -0.2) is 0 Å². The van der Waals surface area contributed by atoms with Gasteiger partial charge in [0.1, 0.15) is 13.2 Å². The molecule has 0 bridgehead atoms. The van der Waals surface area contributed by atoms with E-state index in [1.165, 1.54) is 0 Å². The van der Waals surface area contributed by atoms with Gasteiger partial charge in [-0.3, -0.25) is 4.79 Å². The summed E-state index contributed by atoms with van der Waals surface area (Å²) in [5, 5.41) is 2.82. The van der Waals surface area contributed by atoms with Crippen molar-refractivity contribution in [3.05, 3.63) is 16.6 Å². The first-order valence-electron chi connectivity index (χ1n) is 6.77. The summed E-state index contributed by atoms with van der Waals surface area (Å²) in [6.45, 7) is 3.12. The maximum absolute atomic E-state index is 12.0. The van der Waals surface area contributed by atoms with E-state index in [4.69, 9.17) is 15.2 Å². The summed E-state index contributed by atoms with van der Waals surface area (Å²) in [6, 6.07) is 3.06. The molecular weight excluding hydrogens is 324 g/mol. The van der Waals surface area contributed by atoms with E-state index in [0.29, 0.717) is 36.8 Å². The van der Waals surface area contributed by atoms with Crippen molar-refractivity contribution in [3.63, 3.8) is 0 Å². The first-order chi connectivity index (χ1) is 9.61. The SMILES string of the molecule is CCCCC(N)C(=O)Nc1cc2c(cc1Br)OCCO2. The number of carbonyl (C=O) groups is 1. The Morgan fingerprint density at radius 3 is 2.70 bits per heavy atom. The number of hydrogen-bond acceptors (Lipinski definition) is 4. The number of fused-ring (bicyclic) bond motifs is 1. The highest BCUT2D eigenvalue weighted by molar-refractivity contribution is 9.10. The molecule has 3 N–H and O–H groups in total. The molecule has 110 valence electrons. The predicted octanol–water partition coefficient (Wildman–Crippen LogP) is 2.68. The highest BCUT2D eigenvalue weighted by Gasteiger charge is 2.18. The van der Waals surface area contributed by atoms with E-state index in [1.807, 2.05) is 0 Å². The van der Waals surface area contributed by atoms with Crippen LogP contribution in [0.4, 0.5) is 5.69 Å². The second kappa shape index (κ2) is 6.95. The minimum absolute atomic E-state index is 0.184. The molecule has 20 heavy (non-hydrogen) atoms. The average molecular weight is 343 g/mol. The lowest BCUT2D eigenvalue weighted by molar-refractivity contribution is -0.117. The number of hydrogen-bond donors (Lipinski definition) is 2. The fourth-order valence-electron chi connectivity index (χ4n) is 1.94. The van der Waals surface area contributed by atoms with Crippen molar-refractivity contribution >= 4 is 27.5 Å². The number of amides is 1. The van der Waals surface area contributed by atoms with Gasteiger partial charge in [0.2, 0.25) is 5.91 Å². The molecule has 1 aromatic carbocycles. The Balaban J connectivity index is 2.07. The number of nitrogens with two attached hydrogens (primary N) is 1. The van der Waals surface area contributed by atoms with Gasteiger partial charge in [-0.15, -0.1) is 0 Å². The van der Waals surface area contributed by atoms with Crippen molar-refractivity contribution in [3.8, 4) is 11.5 Å². The summed E-state index contributed by atoms with van der Waals surface area (Å²) in [6.07, 6.45) is 2.65. The molecule has 1 aliphatic rings. The van der Waals surface area contributed by atoms with Gasteiger partial charge in [0.05, 0.1) is 11.7 Å². The van der Waals surface area contributed by atoms with E-state index < -0.39 is 6.04 Å². The van der Waals surface area contributed by atoms with Crippen LogP contribution in [0.2, 0.25) is 0 Å². The highest BCUT2D eigenvalue weighted by Crippen LogP contribution is 2.38. The van der Waals surface area contributed by atoms with Gasteiger partial charge >= 0.3 is 0 Å². The van der Waals surface area contributed by atoms with Crippen molar-refractivity contribution in [2.75, 3.05) is 18.5 Å². The molecule has 0 radical (unpaired) electrons. The molecule has 1 heterocycles. The fourth-order valence-corrected chi connectivity index (χ4v) is 2.36. The van der Waals surface area contributed by atoms with Crippen LogP contribution in [0.15, 0.2) is 16.6 Å². The van der Waals surface area contributed by atoms with Crippen LogP contribution in [0.1, 0.15) is 26.2 Å². The molecule has 5 nitrogen and oxygen atoms in total. The summed E-state index contributed by atoms with van der Waals surface area (Å²) in [4.78, 5) is 12.0. The standard InChI is InChI=1S/C14H19BrN2O3/c1-2-3-4-10(16)14(18)17-11-8-13-12(7-9(11)15)19-5-6-20-13/h7-8,10H,2-6,16H2,1H3,(H,17,18). The van der Waals surface area contributed by atoms with Gasteiger partial charge in [-0.05, 0) is 22.4 Å². The minimum Gasteiger partial charge on any atom is -0.486 e. The molecule has 1 atom stereocenters. The van der Waals surface area contributed by atoms with Crippen LogP contribution >= 0.6 is 15.9 Å². The molecule has 0 aliphatic carbocycles. The van der Waals surface area contributed by atoms with Crippen molar-refractivity contribution in [1.29, 1.82) is 0 Å². The second-order valence-electron chi connectivity index (χ2n) is 4.71. The van der Waals surface area contributed by atoms with Crippen LogP contribution in [0.5, 0.6) is 11.5 Å². The molecule has 0 saturated carbocycles. The van der Waals surface area contributed by atoms with Gasteiger partial charge < -0.3 is 20.5 Å². The van der Waals surface area contributed by atoms with Crippen molar-refractivity contribution in [2.45, 2.75) is 32.2 Å². The van der Waals surface area contributed by atoms with Crippen molar-refractivity contribution < 1.29 is 14.3 Å². The Morgan fingerprint density at radius 2 is 2.05 bits per heavy atom. The monoisotopic (exact) mass is 342 g/mol. The number of carbonyl (C=O) groups excluding carboxylic acids is 1. The molecule has 1 unspecified atom stereocenters. The molecule has 0 aromatic heterocycles. The van der Waals surface area contributed by atoms with Crippen molar-refractivity contribution in [2.24, 2.45) is 5.73 Å². The van der Waals surface area contributed by atoms with Gasteiger partial charge in [0.25, 0.3) is 0 Å². The smallest absolute Gasteiger partial charge is 0.241 e. The first-order valence-corrected chi connectivity index (χ1v) is 7.56. The summed E-state index contributed by atoms with van der Waals surface area (Å²) >= 11 is 3.41. The molecule has 2 rings (SSSR count). The Bertz CT molecular complexity index is 494. The number of benzene rings is 1. The summed E-state index contributed by atoms with van der Waals surface area (Å²) in [5.74, 6) is 1.13. The number of anilines is 1. The number of halogens is 1. The largest absolute Gasteiger partial charge is 0.486 e. The third-order valence-corrected chi connectivity index (χ3v) is 3.75. The van der Waals surface area contributed by atoms with E-state index in [-0.39, 0.29) is 5.91 Å². The van der Waals surface area contributed by atoms with Crippen LogP contribution in [0.3, 0.4) is 0 Å². The molecule has 1 aromatic rings. The maximum atomic E-state index is 12.0. The van der Waals surface area contributed by atoms with Crippen LogP contribution in [0.25, 0.3) is 0 Å². The van der Waals surface area contributed by atoms with E-state index in [0.717, 1.165) is 17.3 Å². The van der Waals surface area contributed by atoms with Gasteiger partial charge in [-0.2, -0.15) is 0 Å². The average Bonchev–Trinajstić information content (AvgIpc) is 2.45. The highest BCUT2D eigenvalue weighted by atomic mass is 79.9. The minimum atomic E-state index is -0.491. The van der Waals surface area contributed by atoms with Gasteiger partial charge in [0, 0.05) is 16.6 Å². The van der Waals surface area contributed by atoms with Crippen LogP contribution < -0.4 is 20.5 Å². The lowest BCUT2D eigenvalue weighted by Crippen LogP contribution is -2.35. The third kappa shape index (κ3) is 3.64. The van der Waals surface area contributed by atoms with Crippen LogP contribution in [-0.4, -0.2) is 25.2 Å². The number of rotatable bonds is 5. The molecule has 1 aliphatic heterocycles. The Morgan fingerprint density at radius 1 is 1.40 bits per heavy atom. The van der Waals surface area contributed by atoms with Crippen molar-refractivity contribution in [1.82, 2.24) is 0 Å². The Kier molecular flexibility index (Phi) is 5.25. The summed E-state index contributed by atoms with van der Waals surface area (Å²) in [5.41, 5.74) is 6.50. The molecule has 0 fully saturated rings. The predicted molar refractivity (Wildman–Crippen MR) is 81.3 cm³/mol. The molecule has 0 saturated heterocycles. The fraction of sp³-hybridized carbons (Fsp3) is 0.500. The normalized spacial score (nSPS) is 14.8. The summed E-state index contributed by atoms with van der Waals surface area (Å²) in [7, 11) is 0. The zero-order valence-corrected chi connectivity index (χ0v) is 13.0. The van der Waals surface area contributed by atoms with E-state index in [9.17, 15) is 4.79 Å². The topological polar surface area (TPSA) is 73.6 Å². The second-order valence-corrected chi connectivity index (χ2v) is 5.57. The number of unbranched alkanes of at least 4 members (excludes halogenated alkanes) is 1. The quantitative estimate of drug-likeness (QED) is 0.862. The third-order valence-electron chi connectivity index (χ3n) is 3.10. The Hall–Kier alpha value is -1.27. The van der Waals surface area contributed by atoms with Crippen LogP contribution in [0, 0.1) is 0 Å². The lowest BCUT2D eigenvalue weighted by atomic mass is 10.1. The molecule has 1 amide bonds. The molecule has 6 heteroatoms. The first kappa shape index (κ1) is 15.1. The Labute approximate surface area is 126 Å². The molecule has 0 spiro atoms. The summed E-state index contributed by atoms with van der Waals surface area (Å²) < 4.78 is 11.7. The zero-order valence-electron chi connectivity index (χ0n) is 11.4. The number of nitrogens with one attached hydrogen (secondary N) is 1. The molecular formula is C14H19BrN2O3.